The zero-order chi connectivity index (χ0) is 15.2. The first-order valence-corrected chi connectivity index (χ1v) is 6.56. The number of aliphatic hydroxyl groups is 2. The number of ether oxygens (including phenoxy) is 1. The van der Waals surface area contributed by atoms with E-state index in [4.69, 9.17) is 16.9 Å². The number of nitrogens with zero attached hydrogens (tertiary/aromatic N) is 3. The Kier molecular flexibility index (Phi) is 3.10. The zero-order valence-electron chi connectivity index (χ0n) is 11.5. The van der Waals surface area contributed by atoms with E-state index in [0.717, 1.165) is 0 Å². The first kappa shape index (κ1) is 13.8. The number of hydrogen-bond donors (Lipinski definition) is 3. The summed E-state index contributed by atoms with van der Waals surface area (Å²) in [4.78, 5) is 8.47. The van der Waals surface area contributed by atoms with Gasteiger partial charge in [-0.05, 0) is 13.0 Å². The summed E-state index contributed by atoms with van der Waals surface area (Å²) < 4.78 is 7.47. The van der Waals surface area contributed by atoms with Crippen molar-refractivity contribution in [1.82, 2.24) is 14.5 Å². The summed E-state index contributed by atoms with van der Waals surface area (Å²) in [5.41, 5.74) is 5.11. The molecule has 0 bridgehead atoms. The quantitative estimate of drug-likeness (QED) is 0.670. The van der Waals surface area contributed by atoms with Gasteiger partial charge in [0.2, 0.25) is 0 Å². The van der Waals surface area contributed by atoms with E-state index in [-0.39, 0.29) is 6.42 Å². The molecule has 4 N–H and O–H groups in total. The SMILES string of the molecule is C#C[C@]1(CO)O[C@@H](n2ccc3c(N)nc(C)nc32)C[C@@H]1O. The van der Waals surface area contributed by atoms with Crippen molar-refractivity contribution in [3.05, 3.63) is 18.1 Å². The van der Waals surface area contributed by atoms with E-state index in [1.165, 1.54) is 0 Å². The molecule has 7 nitrogen and oxygen atoms in total. The van der Waals surface area contributed by atoms with Gasteiger partial charge in [0.05, 0.1) is 12.0 Å². The highest BCUT2D eigenvalue weighted by Crippen LogP contribution is 2.38. The van der Waals surface area contributed by atoms with Crippen molar-refractivity contribution >= 4 is 16.9 Å². The molecule has 0 unspecified atom stereocenters. The van der Waals surface area contributed by atoms with Crippen LogP contribution in [0.1, 0.15) is 18.5 Å². The number of fused-ring (bicyclic) bond motifs is 1. The van der Waals surface area contributed by atoms with Gasteiger partial charge in [-0.25, -0.2) is 9.97 Å². The Balaban J connectivity index is 2.05. The maximum absolute atomic E-state index is 10.1. The third-order valence-electron chi connectivity index (χ3n) is 3.81. The molecule has 1 aliphatic rings. The van der Waals surface area contributed by atoms with Crippen LogP contribution in [-0.4, -0.2) is 43.1 Å². The van der Waals surface area contributed by atoms with Crippen molar-refractivity contribution in [2.24, 2.45) is 0 Å². The molecule has 0 aromatic carbocycles. The van der Waals surface area contributed by atoms with E-state index < -0.39 is 24.5 Å². The standard InChI is InChI=1S/C14H16N4O3/c1-3-14(7-19)10(20)6-11(21-14)18-5-4-9-12(15)16-8(2)17-13(9)18/h1,4-5,10-11,19-20H,6-7H2,2H3,(H2,15,16,17)/t10-,11+,14+/m0/s1. The molecule has 0 spiro atoms. The number of aryl methyl sites for hydroxylation is 1. The Bertz CT molecular complexity index is 736. The lowest BCUT2D eigenvalue weighted by atomic mass is 9.99. The lowest BCUT2D eigenvalue weighted by Gasteiger charge is -2.23. The lowest BCUT2D eigenvalue weighted by Crippen LogP contribution is -2.41. The zero-order valence-corrected chi connectivity index (χ0v) is 11.5. The largest absolute Gasteiger partial charge is 0.392 e. The molecule has 0 saturated carbocycles. The van der Waals surface area contributed by atoms with Crippen LogP contribution in [0.15, 0.2) is 12.3 Å². The fraction of sp³-hybridized carbons (Fsp3) is 0.429. The topological polar surface area (TPSA) is 106 Å². The molecule has 110 valence electrons. The monoisotopic (exact) mass is 288 g/mol. The molecule has 3 atom stereocenters. The van der Waals surface area contributed by atoms with E-state index in [0.29, 0.717) is 22.7 Å². The number of aromatic nitrogens is 3. The number of nitrogens with two attached hydrogens (primary N) is 1. The molecule has 1 aliphatic heterocycles. The van der Waals surface area contributed by atoms with Crippen LogP contribution >= 0.6 is 0 Å². The van der Waals surface area contributed by atoms with Gasteiger partial charge in [0.25, 0.3) is 0 Å². The molecule has 0 amide bonds. The van der Waals surface area contributed by atoms with Crippen molar-refractivity contribution in [3.63, 3.8) is 0 Å². The van der Waals surface area contributed by atoms with E-state index in [1.807, 2.05) is 0 Å². The Hall–Kier alpha value is -2.14. The second-order valence-electron chi connectivity index (χ2n) is 5.13. The van der Waals surface area contributed by atoms with Crippen LogP contribution in [0.4, 0.5) is 5.82 Å². The van der Waals surface area contributed by atoms with Gasteiger partial charge in [0, 0.05) is 12.6 Å². The number of anilines is 1. The van der Waals surface area contributed by atoms with Crippen LogP contribution in [0.5, 0.6) is 0 Å². The predicted molar refractivity (Wildman–Crippen MR) is 76.1 cm³/mol. The highest BCUT2D eigenvalue weighted by molar-refractivity contribution is 5.86. The molecular formula is C14H16N4O3. The minimum Gasteiger partial charge on any atom is -0.392 e. The average Bonchev–Trinajstić information content (AvgIpc) is 3.00. The number of rotatable bonds is 2. The van der Waals surface area contributed by atoms with Gasteiger partial charge in [-0.1, -0.05) is 5.92 Å². The van der Waals surface area contributed by atoms with Crippen molar-refractivity contribution in [3.8, 4) is 12.3 Å². The van der Waals surface area contributed by atoms with E-state index >= 15 is 0 Å². The second-order valence-corrected chi connectivity index (χ2v) is 5.13. The summed E-state index contributed by atoms with van der Waals surface area (Å²) >= 11 is 0. The first-order chi connectivity index (χ1) is 10.0. The minimum absolute atomic E-state index is 0.261. The molecule has 0 radical (unpaired) electrons. The normalized spacial score (nSPS) is 28.9. The summed E-state index contributed by atoms with van der Waals surface area (Å²) in [7, 11) is 0. The minimum atomic E-state index is -1.38. The third-order valence-corrected chi connectivity index (χ3v) is 3.81. The van der Waals surface area contributed by atoms with Gasteiger partial charge in [0.15, 0.2) is 5.60 Å². The number of nitrogen functional groups attached to an aromatic ring is 1. The van der Waals surface area contributed by atoms with Crippen LogP contribution in [0.25, 0.3) is 11.0 Å². The van der Waals surface area contributed by atoms with Gasteiger partial charge < -0.3 is 25.3 Å². The maximum Gasteiger partial charge on any atom is 0.179 e. The first-order valence-electron chi connectivity index (χ1n) is 6.56. The molecular weight excluding hydrogens is 272 g/mol. The Morgan fingerprint density at radius 3 is 3.00 bits per heavy atom. The van der Waals surface area contributed by atoms with Gasteiger partial charge >= 0.3 is 0 Å². The van der Waals surface area contributed by atoms with E-state index in [2.05, 4.69) is 15.9 Å². The van der Waals surface area contributed by atoms with Crippen LogP contribution in [0, 0.1) is 19.3 Å². The number of aliphatic hydroxyl groups excluding tert-OH is 2. The molecule has 7 heteroatoms. The molecule has 3 heterocycles. The fourth-order valence-corrected chi connectivity index (χ4v) is 2.64. The lowest BCUT2D eigenvalue weighted by molar-refractivity contribution is -0.0890. The van der Waals surface area contributed by atoms with E-state index in [9.17, 15) is 10.2 Å². The number of terminal acetylenes is 1. The Labute approximate surface area is 121 Å². The highest BCUT2D eigenvalue weighted by atomic mass is 16.6. The van der Waals surface area contributed by atoms with Crippen molar-refractivity contribution in [2.45, 2.75) is 31.3 Å². The molecule has 1 saturated heterocycles. The Morgan fingerprint density at radius 1 is 1.62 bits per heavy atom. The maximum atomic E-state index is 10.1. The summed E-state index contributed by atoms with van der Waals surface area (Å²) in [5.74, 6) is 3.28. The Morgan fingerprint density at radius 2 is 2.38 bits per heavy atom. The molecule has 3 rings (SSSR count). The summed E-state index contributed by atoms with van der Waals surface area (Å²) in [6.45, 7) is 1.30. The van der Waals surface area contributed by atoms with Crippen molar-refractivity contribution in [1.29, 1.82) is 0 Å². The molecule has 0 aliphatic carbocycles. The summed E-state index contributed by atoms with van der Waals surface area (Å²) in [6, 6.07) is 1.79. The molecule has 2 aromatic heterocycles. The van der Waals surface area contributed by atoms with E-state index in [1.54, 1.807) is 23.8 Å². The molecule has 21 heavy (non-hydrogen) atoms. The van der Waals surface area contributed by atoms with Gasteiger partial charge in [-0.15, -0.1) is 6.42 Å². The van der Waals surface area contributed by atoms with Crippen LogP contribution in [0.3, 0.4) is 0 Å². The average molecular weight is 288 g/mol. The predicted octanol–water partition coefficient (Wildman–Crippen LogP) is -0.0340. The molecule has 2 aromatic rings. The van der Waals surface area contributed by atoms with Crippen molar-refractivity contribution < 1.29 is 14.9 Å². The van der Waals surface area contributed by atoms with Gasteiger partial charge in [-0.2, -0.15) is 0 Å². The third kappa shape index (κ3) is 1.96. The van der Waals surface area contributed by atoms with Gasteiger partial charge in [-0.3, -0.25) is 0 Å². The molecule has 1 fully saturated rings. The second kappa shape index (κ2) is 4.70. The number of hydrogen-bond acceptors (Lipinski definition) is 6. The highest BCUT2D eigenvalue weighted by Gasteiger charge is 2.47. The van der Waals surface area contributed by atoms with Gasteiger partial charge in [0.1, 0.15) is 29.6 Å². The van der Waals surface area contributed by atoms with Crippen LogP contribution < -0.4 is 5.73 Å². The summed E-state index contributed by atoms with van der Waals surface area (Å²) in [6.07, 6.45) is 5.95. The summed E-state index contributed by atoms with van der Waals surface area (Å²) in [5, 5.41) is 20.2. The smallest absolute Gasteiger partial charge is 0.179 e. The van der Waals surface area contributed by atoms with Crippen LogP contribution in [-0.2, 0) is 4.74 Å². The van der Waals surface area contributed by atoms with Crippen molar-refractivity contribution in [2.75, 3.05) is 12.3 Å². The van der Waals surface area contributed by atoms with Crippen LogP contribution in [0.2, 0.25) is 0 Å². The fourth-order valence-electron chi connectivity index (χ4n) is 2.64.